The molecular formula is C24H25NO5S. The van der Waals surface area contributed by atoms with Crippen molar-refractivity contribution in [2.45, 2.75) is 30.2 Å². The Morgan fingerprint density at radius 3 is 2.23 bits per heavy atom. The topological polar surface area (TPSA) is 95.7 Å². The molecule has 2 N–H and O–H groups in total. The van der Waals surface area contributed by atoms with Gasteiger partial charge in [-0.3, -0.25) is 4.79 Å². The summed E-state index contributed by atoms with van der Waals surface area (Å²) in [6.07, 6.45) is 0.456. The van der Waals surface area contributed by atoms with Crippen LogP contribution in [0.15, 0.2) is 89.8 Å². The first-order valence-electron chi connectivity index (χ1n) is 9.96. The van der Waals surface area contributed by atoms with Gasteiger partial charge in [0.25, 0.3) is 0 Å². The Hall–Kier alpha value is -3.16. The second-order valence-corrected chi connectivity index (χ2v) is 8.55. The molecule has 7 heteroatoms. The molecular weight excluding hydrogens is 414 g/mol. The second-order valence-electron chi connectivity index (χ2n) is 7.01. The fourth-order valence-electron chi connectivity index (χ4n) is 3.32. The van der Waals surface area contributed by atoms with E-state index in [2.05, 4.69) is 0 Å². The van der Waals surface area contributed by atoms with Crippen molar-refractivity contribution in [2.75, 3.05) is 6.61 Å². The van der Waals surface area contributed by atoms with Crippen LogP contribution < -0.4 is 9.92 Å². The molecule has 0 saturated carbocycles. The number of rotatable bonds is 9. The molecule has 0 aliphatic rings. The summed E-state index contributed by atoms with van der Waals surface area (Å²) in [6.45, 7) is 1.94. The monoisotopic (exact) mass is 439 g/mol. The van der Waals surface area contributed by atoms with Gasteiger partial charge < -0.3 is 14.7 Å². The summed E-state index contributed by atoms with van der Waals surface area (Å²) < 4.78 is 35.7. The normalized spacial score (nSPS) is 13.2. The van der Waals surface area contributed by atoms with Gasteiger partial charge in [-0.15, -0.1) is 0 Å². The van der Waals surface area contributed by atoms with Gasteiger partial charge in [0.1, 0.15) is 10.6 Å². The largest absolute Gasteiger partial charge is 0.465 e. The Balaban J connectivity index is 1.88. The molecule has 0 aliphatic carbocycles. The van der Waals surface area contributed by atoms with E-state index in [-0.39, 0.29) is 17.3 Å². The summed E-state index contributed by atoms with van der Waals surface area (Å²) in [7, 11) is -4.00. The summed E-state index contributed by atoms with van der Waals surface area (Å²) in [5.41, 5.74) is 7.94. The lowest BCUT2D eigenvalue weighted by molar-refractivity contribution is -0.145. The first kappa shape index (κ1) is 22.5. The molecule has 0 fully saturated rings. The lowest BCUT2D eigenvalue weighted by Gasteiger charge is -2.23. The smallest absolute Gasteiger partial charge is 0.339 e. The molecule has 162 valence electrons. The zero-order chi connectivity index (χ0) is 22.3. The number of nitrogens with two attached hydrogens (primary N) is 1. The van der Waals surface area contributed by atoms with Gasteiger partial charge in [0.05, 0.1) is 12.5 Å². The number of ether oxygens (including phenoxy) is 1. The highest BCUT2D eigenvalue weighted by atomic mass is 32.2. The molecule has 0 amide bonds. The average molecular weight is 440 g/mol. The number of hydrogen-bond acceptors (Lipinski definition) is 6. The maximum absolute atomic E-state index is 12.7. The third-order valence-electron chi connectivity index (χ3n) is 4.74. The van der Waals surface area contributed by atoms with E-state index in [1.54, 1.807) is 37.3 Å². The van der Waals surface area contributed by atoms with Crippen LogP contribution in [0.5, 0.6) is 5.75 Å². The number of esters is 1. The summed E-state index contributed by atoms with van der Waals surface area (Å²) in [4.78, 5) is 12.8. The number of benzene rings is 3. The lowest BCUT2D eigenvalue weighted by atomic mass is 9.88. The molecule has 0 spiro atoms. The summed E-state index contributed by atoms with van der Waals surface area (Å²) >= 11 is 0. The van der Waals surface area contributed by atoms with Gasteiger partial charge in [0.2, 0.25) is 0 Å². The van der Waals surface area contributed by atoms with E-state index in [9.17, 15) is 13.2 Å². The first-order chi connectivity index (χ1) is 14.9. The van der Waals surface area contributed by atoms with Crippen molar-refractivity contribution in [3.8, 4) is 5.75 Å². The van der Waals surface area contributed by atoms with Gasteiger partial charge in [0.15, 0.2) is 0 Å². The second kappa shape index (κ2) is 10.2. The first-order valence-corrected chi connectivity index (χ1v) is 11.4. The molecule has 3 aromatic carbocycles. The van der Waals surface area contributed by atoms with Crippen LogP contribution in [0.4, 0.5) is 0 Å². The molecule has 3 rings (SSSR count). The van der Waals surface area contributed by atoms with Crippen molar-refractivity contribution < 1.29 is 22.1 Å². The van der Waals surface area contributed by atoms with E-state index in [4.69, 9.17) is 14.7 Å². The van der Waals surface area contributed by atoms with E-state index in [0.29, 0.717) is 12.0 Å². The number of hydrogen-bond donors (Lipinski definition) is 1. The van der Waals surface area contributed by atoms with Gasteiger partial charge in [-0.25, -0.2) is 0 Å². The number of carbonyl (C=O) groups is 1. The maximum atomic E-state index is 12.7. The van der Waals surface area contributed by atoms with E-state index in [0.717, 1.165) is 5.56 Å². The van der Waals surface area contributed by atoms with Crippen LogP contribution >= 0.6 is 0 Å². The van der Waals surface area contributed by atoms with Crippen LogP contribution in [0.2, 0.25) is 0 Å². The molecule has 0 saturated heterocycles. The predicted molar refractivity (Wildman–Crippen MR) is 118 cm³/mol. The zero-order valence-corrected chi connectivity index (χ0v) is 18.0. The van der Waals surface area contributed by atoms with Gasteiger partial charge in [0, 0.05) is 6.04 Å². The van der Waals surface area contributed by atoms with Crippen molar-refractivity contribution in [1.82, 2.24) is 0 Å². The van der Waals surface area contributed by atoms with E-state index < -0.39 is 28.0 Å². The van der Waals surface area contributed by atoms with Crippen molar-refractivity contribution in [3.63, 3.8) is 0 Å². The van der Waals surface area contributed by atoms with Crippen LogP contribution in [0.1, 0.15) is 24.0 Å². The molecule has 0 aromatic heterocycles. The van der Waals surface area contributed by atoms with E-state index in [1.165, 1.54) is 24.3 Å². The highest BCUT2D eigenvalue weighted by molar-refractivity contribution is 7.87. The summed E-state index contributed by atoms with van der Waals surface area (Å²) in [6, 6.07) is 23.3. The van der Waals surface area contributed by atoms with Gasteiger partial charge >= 0.3 is 16.1 Å². The van der Waals surface area contributed by atoms with Crippen LogP contribution in [-0.2, 0) is 26.1 Å². The Kier molecular flexibility index (Phi) is 7.44. The quantitative estimate of drug-likeness (QED) is 0.404. The Morgan fingerprint density at radius 1 is 0.935 bits per heavy atom. The van der Waals surface area contributed by atoms with Crippen molar-refractivity contribution in [2.24, 2.45) is 5.73 Å². The van der Waals surface area contributed by atoms with Crippen molar-refractivity contribution >= 4 is 16.1 Å². The van der Waals surface area contributed by atoms with Gasteiger partial charge in [-0.05, 0) is 48.7 Å². The van der Waals surface area contributed by atoms with E-state index >= 15 is 0 Å². The van der Waals surface area contributed by atoms with Crippen LogP contribution in [0, 0.1) is 0 Å². The van der Waals surface area contributed by atoms with Crippen molar-refractivity contribution in [1.29, 1.82) is 0 Å². The Labute approximate surface area is 182 Å². The molecule has 0 radical (unpaired) electrons. The third kappa shape index (κ3) is 5.93. The predicted octanol–water partition coefficient (Wildman–Crippen LogP) is 3.67. The van der Waals surface area contributed by atoms with Crippen molar-refractivity contribution in [3.05, 3.63) is 96.1 Å². The molecule has 31 heavy (non-hydrogen) atoms. The lowest BCUT2D eigenvalue weighted by Crippen LogP contribution is -2.36. The molecule has 0 heterocycles. The van der Waals surface area contributed by atoms with Gasteiger partial charge in [-0.2, -0.15) is 8.42 Å². The number of carbonyl (C=O) groups excluding carboxylic acids is 1. The summed E-state index contributed by atoms with van der Waals surface area (Å²) in [5.74, 6) is -1.14. The highest BCUT2D eigenvalue weighted by Gasteiger charge is 2.29. The molecule has 3 aromatic rings. The zero-order valence-electron chi connectivity index (χ0n) is 17.2. The maximum Gasteiger partial charge on any atom is 0.339 e. The molecule has 0 bridgehead atoms. The molecule has 6 nitrogen and oxygen atoms in total. The standard InChI is InChI=1S/C24H25NO5S/c1-2-29-24(26)23(22(25)16-18-10-5-3-6-11-18)19-12-9-13-20(17-19)30-31(27,28)21-14-7-4-8-15-21/h3-15,17,22-23H,2,16,25H2,1H3. The van der Waals surface area contributed by atoms with Crippen LogP contribution in [-0.4, -0.2) is 27.0 Å². The van der Waals surface area contributed by atoms with Gasteiger partial charge in [-0.1, -0.05) is 60.7 Å². The minimum absolute atomic E-state index is 0.0446. The highest BCUT2D eigenvalue weighted by Crippen LogP contribution is 2.28. The van der Waals surface area contributed by atoms with E-state index in [1.807, 2.05) is 30.3 Å². The fraction of sp³-hybridized carbons (Fsp3) is 0.208. The average Bonchev–Trinajstić information content (AvgIpc) is 2.75. The minimum Gasteiger partial charge on any atom is -0.465 e. The SMILES string of the molecule is CCOC(=O)C(c1cccc(OS(=O)(=O)c2ccccc2)c1)C(N)Cc1ccccc1. The molecule has 2 atom stereocenters. The minimum atomic E-state index is -4.00. The van der Waals surface area contributed by atoms with Crippen LogP contribution in [0.25, 0.3) is 0 Å². The Bertz CT molecular complexity index is 1100. The molecule has 0 aliphatic heterocycles. The summed E-state index contributed by atoms with van der Waals surface area (Å²) in [5, 5.41) is 0. The Morgan fingerprint density at radius 2 is 1.58 bits per heavy atom. The third-order valence-corrected chi connectivity index (χ3v) is 6.00. The fourth-order valence-corrected chi connectivity index (χ4v) is 4.26. The van der Waals surface area contributed by atoms with Crippen LogP contribution in [0.3, 0.4) is 0 Å². The molecule has 2 unspecified atom stereocenters.